The van der Waals surface area contributed by atoms with Crippen LogP contribution in [0.2, 0.25) is 0 Å². The predicted octanol–water partition coefficient (Wildman–Crippen LogP) is 3.23. The lowest BCUT2D eigenvalue weighted by Gasteiger charge is -2.42. The zero-order valence-electron chi connectivity index (χ0n) is 15.3. The second-order valence-corrected chi connectivity index (χ2v) is 8.74. The highest BCUT2D eigenvalue weighted by molar-refractivity contribution is 7.97. The van der Waals surface area contributed by atoms with E-state index >= 15 is 0 Å². The molecule has 4 atom stereocenters. The smallest absolute Gasteiger partial charge is 0.100 e. The number of nitrogens with zero attached hydrogens (tertiary/aromatic N) is 2. The molecule has 138 valence electrons. The number of ether oxygens (including phenoxy) is 2. The molecule has 0 N–H and O–H groups in total. The fourth-order valence-electron chi connectivity index (χ4n) is 4.08. The van der Waals surface area contributed by atoms with Gasteiger partial charge in [-0.25, -0.2) is 4.31 Å². The van der Waals surface area contributed by atoms with Gasteiger partial charge in [0.25, 0.3) is 0 Å². The van der Waals surface area contributed by atoms with Gasteiger partial charge in [-0.1, -0.05) is 42.3 Å². The molecule has 2 aliphatic heterocycles. The molecule has 2 heterocycles. The topological polar surface area (TPSA) is 24.9 Å². The lowest BCUT2D eigenvalue weighted by molar-refractivity contribution is -0.0822. The van der Waals surface area contributed by atoms with Crippen molar-refractivity contribution in [2.24, 2.45) is 5.92 Å². The molecule has 0 bridgehead atoms. The van der Waals surface area contributed by atoms with Gasteiger partial charge in [-0.3, -0.25) is 4.90 Å². The molecule has 0 amide bonds. The number of rotatable bonds is 4. The molecule has 4 unspecified atom stereocenters. The molecule has 2 saturated heterocycles. The average Bonchev–Trinajstić information content (AvgIpc) is 2.65. The molecular weight excluding hydrogens is 332 g/mol. The van der Waals surface area contributed by atoms with E-state index in [0.29, 0.717) is 24.1 Å². The van der Waals surface area contributed by atoms with Gasteiger partial charge in [0.2, 0.25) is 0 Å². The van der Waals surface area contributed by atoms with E-state index in [1.54, 1.807) is 0 Å². The van der Waals surface area contributed by atoms with E-state index < -0.39 is 0 Å². The van der Waals surface area contributed by atoms with Crippen LogP contribution in [0.15, 0.2) is 36.0 Å². The highest BCUT2D eigenvalue weighted by Crippen LogP contribution is 2.32. The molecular formula is C20H30N2O2S. The molecule has 0 aromatic rings. The minimum atomic E-state index is 0.255. The van der Waals surface area contributed by atoms with Crippen LogP contribution in [0.3, 0.4) is 0 Å². The summed E-state index contributed by atoms with van der Waals surface area (Å²) in [5.41, 5.74) is 1.40. The van der Waals surface area contributed by atoms with Crippen LogP contribution in [0, 0.1) is 5.92 Å². The van der Waals surface area contributed by atoms with Gasteiger partial charge in [0, 0.05) is 30.8 Å². The zero-order chi connectivity index (χ0) is 17.2. The summed E-state index contributed by atoms with van der Waals surface area (Å²) in [5.74, 6) is 1.53. The number of hydrogen-bond acceptors (Lipinski definition) is 5. The number of fused-ring (bicyclic) bond motifs is 2. The standard InChI is InChI=1S/C20H30N2O2S/c1-15(2)21-12-17-8-7-16(11-20(17)24-14-21)13-25-22-9-10-23-19-6-4-3-5-18(19)22/h3-4,7-8,11,15,17-20H,5-6,9-10,12-14H2,1-2H3. The fraction of sp³-hybridized carbons (Fsp3) is 0.700. The van der Waals surface area contributed by atoms with Gasteiger partial charge in [-0.15, -0.1) is 0 Å². The molecule has 5 heteroatoms. The van der Waals surface area contributed by atoms with Crippen LogP contribution >= 0.6 is 11.9 Å². The van der Waals surface area contributed by atoms with Gasteiger partial charge in [0.05, 0.1) is 24.9 Å². The monoisotopic (exact) mass is 362 g/mol. The van der Waals surface area contributed by atoms with E-state index in [1.807, 2.05) is 11.9 Å². The van der Waals surface area contributed by atoms with Gasteiger partial charge in [-0.2, -0.15) is 0 Å². The lowest BCUT2D eigenvalue weighted by atomic mass is 9.92. The predicted molar refractivity (Wildman–Crippen MR) is 103 cm³/mol. The first-order valence-electron chi connectivity index (χ1n) is 9.61. The van der Waals surface area contributed by atoms with Crippen molar-refractivity contribution in [3.8, 4) is 0 Å². The normalized spacial score (nSPS) is 36.2. The summed E-state index contributed by atoms with van der Waals surface area (Å²) in [6.45, 7) is 8.23. The number of morpholine rings is 1. The molecule has 4 rings (SSSR count). The summed E-state index contributed by atoms with van der Waals surface area (Å²) < 4.78 is 14.6. The van der Waals surface area contributed by atoms with Crippen molar-refractivity contribution in [2.75, 3.05) is 32.2 Å². The summed E-state index contributed by atoms with van der Waals surface area (Å²) in [6.07, 6.45) is 14.4. The van der Waals surface area contributed by atoms with E-state index in [-0.39, 0.29) is 6.10 Å². The van der Waals surface area contributed by atoms with Crippen molar-refractivity contribution in [1.29, 1.82) is 0 Å². The van der Waals surface area contributed by atoms with Crippen molar-refractivity contribution in [3.05, 3.63) is 36.0 Å². The van der Waals surface area contributed by atoms with Gasteiger partial charge >= 0.3 is 0 Å². The minimum Gasteiger partial charge on any atom is -0.375 e. The molecule has 0 aromatic carbocycles. The maximum atomic E-state index is 6.11. The van der Waals surface area contributed by atoms with E-state index in [0.717, 1.165) is 45.0 Å². The summed E-state index contributed by atoms with van der Waals surface area (Å²) in [5, 5.41) is 0. The Morgan fingerprint density at radius 2 is 2.12 bits per heavy atom. The molecule has 2 fully saturated rings. The largest absolute Gasteiger partial charge is 0.375 e. The highest BCUT2D eigenvalue weighted by Gasteiger charge is 2.34. The van der Waals surface area contributed by atoms with Crippen LogP contribution in [-0.2, 0) is 9.47 Å². The van der Waals surface area contributed by atoms with Crippen LogP contribution in [0.5, 0.6) is 0 Å². The summed E-state index contributed by atoms with van der Waals surface area (Å²) in [7, 11) is 0. The number of hydrogen-bond donors (Lipinski definition) is 0. The molecule has 25 heavy (non-hydrogen) atoms. The van der Waals surface area contributed by atoms with Crippen LogP contribution < -0.4 is 0 Å². The summed E-state index contributed by atoms with van der Waals surface area (Å²) in [4.78, 5) is 2.41. The molecule has 0 aromatic heterocycles. The van der Waals surface area contributed by atoms with Crippen LogP contribution in [0.25, 0.3) is 0 Å². The van der Waals surface area contributed by atoms with Crippen molar-refractivity contribution in [1.82, 2.24) is 9.21 Å². The van der Waals surface area contributed by atoms with E-state index in [9.17, 15) is 0 Å². The van der Waals surface area contributed by atoms with E-state index in [2.05, 4.69) is 53.4 Å². The van der Waals surface area contributed by atoms with Gasteiger partial charge in [-0.05, 0) is 32.3 Å². The Morgan fingerprint density at radius 3 is 3.00 bits per heavy atom. The Balaban J connectivity index is 1.32. The SMILES string of the molecule is CC(C)N1COC2C=C(CSN3CCOC4CC=CCC43)C=CC2C1. The van der Waals surface area contributed by atoms with Gasteiger partial charge in [0.15, 0.2) is 0 Å². The molecule has 0 radical (unpaired) electrons. The van der Waals surface area contributed by atoms with E-state index in [1.165, 1.54) is 5.57 Å². The minimum absolute atomic E-state index is 0.255. The van der Waals surface area contributed by atoms with Crippen LogP contribution in [0.4, 0.5) is 0 Å². The quantitative estimate of drug-likeness (QED) is 0.565. The fourth-order valence-corrected chi connectivity index (χ4v) is 5.20. The van der Waals surface area contributed by atoms with Crippen molar-refractivity contribution >= 4 is 11.9 Å². The van der Waals surface area contributed by atoms with Gasteiger partial charge < -0.3 is 9.47 Å². The van der Waals surface area contributed by atoms with Crippen LogP contribution in [0.1, 0.15) is 26.7 Å². The Morgan fingerprint density at radius 1 is 1.24 bits per heavy atom. The lowest BCUT2D eigenvalue weighted by Crippen LogP contribution is -2.48. The Hall–Kier alpha value is -0.590. The molecule has 0 spiro atoms. The third-order valence-corrected chi connectivity index (χ3v) is 6.97. The Bertz CT molecular complexity index is 560. The molecule has 0 saturated carbocycles. The van der Waals surface area contributed by atoms with Crippen molar-refractivity contribution in [3.63, 3.8) is 0 Å². The average molecular weight is 363 g/mol. The molecule has 4 aliphatic rings. The Labute approximate surface area is 156 Å². The Kier molecular flexibility index (Phi) is 5.68. The van der Waals surface area contributed by atoms with Crippen molar-refractivity contribution in [2.45, 2.75) is 51.0 Å². The highest BCUT2D eigenvalue weighted by atomic mass is 32.2. The zero-order valence-corrected chi connectivity index (χ0v) is 16.2. The first kappa shape index (κ1) is 17.8. The second kappa shape index (κ2) is 7.97. The van der Waals surface area contributed by atoms with E-state index in [4.69, 9.17) is 9.47 Å². The maximum absolute atomic E-state index is 6.11. The first-order chi connectivity index (χ1) is 12.2. The summed E-state index contributed by atoms with van der Waals surface area (Å²) >= 11 is 1.97. The van der Waals surface area contributed by atoms with Crippen LogP contribution in [-0.4, -0.2) is 65.7 Å². The van der Waals surface area contributed by atoms with Gasteiger partial charge in [0.1, 0.15) is 6.73 Å². The first-order valence-corrected chi connectivity index (χ1v) is 10.6. The third-order valence-electron chi connectivity index (χ3n) is 5.72. The molecule has 2 aliphatic carbocycles. The molecule has 4 nitrogen and oxygen atoms in total. The van der Waals surface area contributed by atoms with Crippen molar-refractivity contribution < 1.29 is 9.47 Å². The third kappa shape index (κ3) is 4.06. The second-order valence-electron chi connectivity index (χ2n) is 7.72. The number of allylic oxidation sites excluding steroid dienone is 1. The maximum Gasteiger partial charge on any atom is 0.100 e. The summed E-state index contributed by atoms with van der Waals surface area (Å²) in [6, 6.07) is 1.09.